The molecule has 196 valence electrons. The standard InChI is InChI=1S/C26H31F3N2O5/c1-3-14-35-25(33)16-19-8-9-22(23(15-19)34-4-2)36-18-24(32)31-12-10-30(11-13-31)21-7-5-6-20(17-21)26(27,28)29/h5-9,15,17H,3-4,10-14,16,18H2,1-2H3. The summed E-state index contributed by atoms with van der Waals surface area (Å²) in [6.07, 6.45) is -3.55. The highest BCUT2D eigenvalue weighted by Gasteiger charge is 2.31. The Morgan fingerprint density at radius 3 is 2.36 bits per heavy atom. The maximum atomic E-state index is 13.0. The minimum Gasteiger partial charge on any atom is -0.490 e. The van der Waals surface area contributed by atoms with E-state index in [1.54, 1.807) is 29.2 Å². The number of nitrogens with zero attached hydrogens (tertiary/aromatic N) is 2. The van der Waals surface area contributed by atoms with Crippen molar-refractivity contribution < 1.29 is 37.0 Å². The number of alkyl halides is 3. The van der Waals surface area contributed by atoms with Crippen LogP contribution in [0.3, 0.4) is 0 Å². The first kappa shape index (κ1) is 27.2. The normalized spacial score (nSPS) is 13.9. The Balaban J connectivity index is 1.54. The number of ether oxygens (including phenoxy) is 3. The molecule has 1 amide bonds. The van der Waals surface area contributed by atoms with Crippen LogP contribution in [0.2, 0.25) is 0 Å². The lowest BCUT2D eigenvalue weighted by atomic mass is 10.1. The van der Waals surface area contributed by atoms with E-state index in [1.165, 1.54) is 6.07 Å². The van der Waals surface area contributed by atoms with Gasteiger partial charge in [0.05, 0.1) is 25.2 Å². The van der Waals surface area contributed by atoms with E-state index in [9.17, 15) is 22.8 Å². The Labute approximate surface area is 208 Å². The molecular formula is C26H31F3N2O5. The van der Waals surface area contributed by atoms with E-state index in [-0.39, 0.29) is 24.9 Å². The van der Waals surface area contributed by atoms with Gasteiger partial charge >= 0.3 is 12.1 Å². The Kier molecular flexibility index (Phi) is 9.44. The topological polar surface area (TPSA) is 68.3 Å². The summed E-state index contributed by atoms with van der Waals surface area (Å²) in [7, 11) is 0. The van der Waals surface area contributed by atoms with Gasteiger partial charge in [0.25, 0.3) is 5.91 Å². The van der Waals surface area contributed by atoms with Crippen LogP contribution in [0.4, 0.5) is 18.9 Å². The van der Waals surface area contributed by atoms with E-state index >= 15 is 0 Å². The minimum absolute atomic E-state index is 0.107. The van der Waals surface area contributed by atoms with E-state index in [0.717, 1.165) is 18.6 Å². The van der Waals surface area contributed by atoms with Crippen LogP contribution in [-0.2, 0) is 26.9 Å². The number of carbonyl (C=O) groups is 2. The highest BCUT2D eigenvalue weighted by atomic mass is 19.4. The summed E-state index contributed by atoms with van der Waals surface area (Å²) in [4.78, 5) is 28.1. The minimum atomic E-state index is -4.40. The summed E-state index contributed by atoms with van der Waals surface area (Å²) < 4.78 is 55.5. The predicted molar refractivity (Wildman–Crippen MR) is 128 cm³/mol. The molecule has 1 aliphatic heterocycles. The fourth-order valence-corrected chi connectivity index (χ4v) is 3.81. The van der Waals surface area contributed by atoms with Crippen molar-refractivity contribution in [3.8, 4) is 11.5 Å². The molecule has 2 aromatic rings. The average Bonchev–Trinajstić information content (AvgIpc) is 2.86. The number of amides is 1. The van der Waals surface area contributed by atoms with Crippen LogP contribution in [0.5, 0.6) is 11.5 Å². The maximum Gasteiger partial charge on any atom is 0.416 e. The summed E-state index contributed by atoms with van der Waals surface area (Å²) in [5, 5.41) is 0. The summed E-state index contributed by atoms with van der Waals surface area (Å²) in [6.45, 7) is 5.86. The molecule has 1 aliphatic rings. The molecule has 0 atom stereocenters. The summed E-state index contributed by atoms with van der Waals surface area (Å²) in [5.41, 5.74) is 0.498. The van der Waals surface area contributed by atoms with E-state index in [0.29, 0.717) is 62.1 Å². The zero-order valence-corrected chi connectivity index (χ0v) is 20.5. The number of piperazine rings is 1. The van der Waals surface area contributed by atoms with Crippen LogP contribution in [0, 0.1) is 0 Å². The lowest BCUT2D eigenvalue weighted by Crippen LogP contribution is -2.50. The molecule has 0 N–H and O–H groups in total. The van der Waals surface area contributed by atoms with E-state index in [2.05, 4.69) is 0 Å². The van der Waals surface area contributed by atoms with Gasteiger partial charge in [-0.25, -0.2) is 0 Å². The molecule has 0 saturated carbocycles. The molecule has 3 rings (SSSR count). The molecule has 36 heavy (non-hydrogen) atoms. The number of hydrogen-bond acceptors (Lipinski definition) is 6. The third-order valence-electron chi connectivity index (χ3n) is 5.65. The monoisotopic (exact) mass is 508 g/mol. The maximum absolute atomic E-state index is 13.0. The highest BCUT2D eigenvalue weighted by Crippen LogP contribution is 2.32. The van der Waals surface area contributed by atoms with Gasteiger partial charge in [-0.1, -0.05) is 19.1 Å². The second-order valence-corrected chi connectivity index (χ2v) is 8.32. The van der Waals surface area contributed by atoms with Crippen molar-refractivity contribution in [1.29, 1.82) is 0 Å². The van der Waals surface area contributed by atoms with Crippen LogP contribution >= 0.6 is 0 Å². The first-order valence-electron chi connectivity index (χ1n) is 11.9. The van der Waals surface area contributed by atoms with Gasteiger partial charge in [0.1, 0.15) is 0 Å². The van der Waals surface area contributed by atoms with Crippen molar-refractivity contribution in [2.24, 2.45) is 0 Å². The van der Waals surface area contributed by atoms with Gasteiger partial charge in [-0.2, -0.15) is 13.2 Å². The van der Waals surface area contributed by atoms with Crippen molar-refractivity contribution in [2.75, 3.05) is 50.9 Å². The number of benzene rings is 2. The first-order chi connectivity index (χ1) is 17.2. The van der Waals surface area contributed by atoms with Crippen molar-refractivity contribution in [2.45, 2.75) is 32.9 Å². The van der Waals surface area contributed by atoms with Crippen molar-refractivity contribution in [1.82, 2.24) is 4.90 Å². The molecule has 7 nitrogen and oxygen atoms in total. The van der Waals surface area contributed by atoms with E-state index in [4.69, 9.17) is 14.2 Å². The van der Waals surface area contributed by atoms with Gasteiger partial charge in [-0.3, -0.25) is 9.59 Å². The molecular weight excluding hydrogens is 477 g/mol. The van der Waals surface area contributed by atoms with Gasteiger partial charge in [0, 0.05) is 31.9 Å². The zero-order chi connectivity index (χ0) is 26.1. The Bertz CT molecular complexity index is 1040. The van der Waals surface area contributed by atoms with Gasteiger partial charge in [0.2, 0.25) is 0 Å². The second kappa shape index (κ2) is 12.5. The van der Waals surface area contributed by atoms with Crippen molar-refractivity contribution in [3.05, 3.63) is 53.6 Å². The van der Waals surface area contributed by atoms with Crippen molar-refractivity contribution >= 4 is 17.6 Å². The van der Waals surface area contributed by atoms with Gasteiger partial charge in [0.15, 0.2) is 18.1 Å². The molecule has 2 aromatic carbocycles. The second-order valence-electron chi connectivity index (χ2n) is 8.32. The smallest absolute Gasteiger partial charge is 0.416 e. The largest absolute Gasteiger partial charge is 0.490 e. The summed E-state index contributed by atoms with van der Waals surface area (Å²) >= 11 is 0. The first-order valence-corrected chi connectivity index (χ1v) is 11.9. The molecule has 0 bridgehead atoms. The zero-order valence-electron chi connectivity index (χ0n) is 20.5. The predicted octanol–water partition coefficient (Wildman–Crippen LogP) is 4.33. The number of hydrogen-bond donors (Lipinski definition) is 0. The Morgan fingerprint density at radius 1 is 0.944 bits per heavy atom. The Morgan fingerprint density at radius 2 is 1.69 bits per heavy atom. The van der Waals surface area contributed by atoms with Gasteiger partial charge in [-0.15, -0.1) is 0 Å². The number of halogens is 3. The van der Waals surface area contributed by atoms with Crippen LogP contribution in [0.1, 0.15) is 31.4 Å². The molecule has 0 aliphatic carbocycles. The number of carbonyl (C=O) groups excluding carboxylic acids is 2. The lowest BCUT2D eigenvalue weighted by Gasteiger charge is -2.36. The summed E-state index contributed by atoms with van der Waals surface area (Å²) in [5.74, 6) is 0.264. The quantitative estimate of drug-likeness (QED) is 0.445. The molecule has 0 aromatic heterocycles. The third-order valence-corrected chi connectivity index (χ3v) is 5.65. The van der Waals surface area contributed by atoms with E-state index < -0.39 is 11.7 Å². The van der Waals surface area contributed by atoms with Crippen LogP contribution in [-0.4, -0.2) is 62.8 Å². The fourth-order valence-electron chi connectivity index (χ4n) is 3.81. The molecule has 1 fully saturated rings. The van der Waals surface area contributed by atoms with E-state index in [1.807, 2.05) is 18.7 Å². The van der Waals surface area contributed by atoms with Crippen LogP contribution < -0.4 is 14.4 Å². The van der Waals surface area contributed by atoms with Gasteiger partial charge in [-0.05, 0) is 49.2 Å². The number of anilines is 1. The summed E-state index contributed by atoms with van der Waals surface area (Å²) in [6, 6.07) is 10.3. The Hall–Kier alpha value is -3.43. The molecule has 0 spiro atoms. The molecule has 10 heteroatoms. The third kappa shape index (κ3) is 7.53. The molecule has 0 unspecified atom stereocenters. The SMILES string of the molecule is CCCOC(=O)Cc1ccc(OCC(=O)N2CCN(c3cccc(C(F)(F)F)c3)CC2)c(OCC)c1. The van der Waals surface area contributed by atoms with Crippen LogP contribution in [0.15, 0.2) is 42.5 Å². The molecule has 1 saturated heterocycles. The average molecular weight is 509 g/mol. The lowest BCUT2D eigenvalue weighted by molar-refractivity contribution is -0.143. The molecule has 1 heterocycles. The van der Waals surface area contributed by atoms with Crippen LogP contribution in [0.25, 0.3) is 0 Å². The van der Waals surface area contributed by atoms with Crippen molar-refractivity contribution in [3.63, 3.8) is 0 Å². The molecule has 0 radical (unpaired) electrons. The number of rotatable bonds is 10. The fraction of sp³-hybridized carbons (Fsp3) is 0.462. The van der Waals surface area contributed by atoms with Gasteiger partial charge < -0.3 is 24.0 Å². The highest BCUT2D eigenvalue weighted by molar-refractivity contribution is 5.78. The number of esters is 1.